The Kier molecular flexibility index (Phi) is 4.10. The smallest absolute Gasteiger partial charge is 0.265 e. The Labute approximate surface area is 117 Å². The van der Waals surface area contributed by atoms with Gasteiger partial charge in [0.2, 0.25) is 0 Å². The molecule has 7 heteroatoms. The molecule has 0 amide bonds. The zero-order chi connectivity index (χ0) is 14.8. The molecular weight excluding hydrogens is 281 g/mol. The number of rotatable bonds is 5. The van der Waals surface area contributed by atoms with Gasteiger partial charge in [-0.05, 0) is 37.4 Å². The number of hydrogen-bond donors (Lipinski definition) is 2. The molecule has 0 radical (unpaired) electrons. The predicted octanol–water partition coefficient (Wildman–Crippen LogP) is 1.70. The summed E-state index contributed by atoms with van der Waals surface area (Å²) in [6, 6.07) is 6.88. The lowest BCUT2D eigenvalue weighted by Crippen LogP contribution is -2.26. The summed E-state index contributed by atoms with van der Waals surface area (Å²) in [6.45, 7) is 0.551. The Bertz CT molecular complexity index is 680. The van der Waals surface area contributed by atoms with Crippen molar-refractivity contribution in [1.29, 1.82) is 0 Å². The number of nitrogens with one attached hydrogen (secondary N) is 2. The second-order valence-corrected chi connectivity index (χ2v) is 6.31. The minimum Gasteiger partial charge on any atom is -0.363 e. The monoisotopic (exact) mass is 297 g/mol. The molecular formula is C13H16FN3O2S. The number of anilines is 1. The Hall–Kier alpha value is -1.86. The van der Waals surface area contributed by atoms with Crippen LogP contribution in [0.5, 0.6) is 0 Å². The first-order valence-electron chi connectivity index (χ1n) is 6.01. The molecule has 1 aromatic carbocycles. The molecule has 0 atom stereocenters. The van der Waals surface area contributed by atoms with E-state index in [9.17, 15) is 12.8 Å². The number of H-pyrrole nitrogens is 1. The maximum absolute atomic E-state index is 12.9. The first-order chi connectivity index (χ1) is 9.45. The summed E-state index contributed by atoms with van der Waals surface area (Å²) >= 11 is 0. The first kappa shape index (κ1) is 14.5. The van der Waals surface area contributed by atoms with E-state index in [4.69, 9.17) is 0 Å². The normalized spacial score (nSPS) is 11.6. The molecule has 0 unspecified atom stereocenters. The third-order valence-electron chi connectivity index (χ3n) is 2.93. The highest BCUT2D eigenvalue weighted by atomic mass is 32.2. The number of sulfonamides is 1. The molecule has 108 valence electrons. The standard InChI is InChI=1S/C13H16FN3O2S/c1-15-8-11-7-13(9-16-11)20(18,19)17(2)12-5-3-10(14)4-6-12/h3-7,9,15-16H,8H2,1-2H3. The molecule has 0 saturated heterocycles. The molecule has 2 aromatic rings. The number of hydrogen-bond acceptors (Lipinski definition) is 3. The van der Waals surface area contributed by atoms with E-state index in [1.165, 1.54) is 37.5 Å². The van der Waals surface area contributed by atoms with Gasteiger partial charge in [-0.1, -0.05) is 0 Å². The fraction of sp³-hybridized carbons (Fsp3) is 0.231. The van der Waals surface area contributed by atoms with Crippen molar-refractivity contribution in [3.05, 3.63) is 48.0 Å². The second-order valence-electron chi connectivity index (χ2n) is 4.34. The van der Waals surface area contributed by atoms with Gasteiger partial charge in [-0.25, -0.2) is 12.8 Å². The maximum Gasteiger partial charge on any atom is 0.265 e. The molecule has 20 heavy (non-hydrogen) atoms. The average molecular weight is 297 g/mol. The van der Waals surface area contributed by atoms with Crippen LogP contribution in [0, 0.1) is 5.82 Å². The lowest BCUT2D eigenvalue weighted by atomic mass is 10.3. The van der Waals surface area contributed by atoms with Crippen LogP contribution in [0.1, 0.15) is 5.69 Å². The number of nitrogens with zero attached hydrogens (tertiary/aromatic N) is 1. The van der Waals surface area contributed by atoms with Crippen LogP contribution in [0.15, 0.2) is 41.4 Å². The van der Waals surface area contributed by atoms with Crippen LogP contribution < -0.4 is 9.62 Å². The number of benzene rings is 1. The van der Waals surface area contributed by atoms with Gasteiger partial charge < -0.3 is 10.3 Å². The molecule has 0 bridgehead atoms. The van der Waals surface area contributed by atoms with Crippen LogP contribution in [0.3, 0.4) is 0 Å². The highest BCUT2D eigenvalue weighted by Crippen LogP contribution is 2.22. The molecule has 1 aromatic heterocycles. The van der Waals surface area contributed by atoms with Crippen molar-refractivity contribution in [3.63, 3.8) is 0 Å². The van der Waals surface area contributed by atoms with Gasteiger partial charge in [-0.2, -0.15) is 0 Å². The molecule has 2 rings (SSSR count). The molecule has 1 heterocycles. The van der Waals surface area contributed by atoms with Gasteiger partial charge in [0.1, 0.15) is 10.7 Å². The number of aromatic nitrogens is 1. The molecule has 0 aliphatic carbocycles. The molecule has 0 aliphatic heterocycles. The van der Waals surface area contributed by atoms with Crippen molar-refractivity contribution in [3.8, 4) is 0 Å². The summed E-state index contributed by atoms with van der Waals surface area (Å²) in [5.41, 5.74) is 1.18. The number of halogens is 1. The lowest BCUT2D eigenvalue weighted by Gasteiger charge is -2.18. The van der Waals surface area contributed by atoms with Crippen molar-refractivity contribution < 1.29 is 12.8 Å². The largest absolute Gasteiger partial charge is 0.363 e. The molecule has 0 aliphatic rings. The Morgan fingerprint density at radius 3 is 2.55 bits per heavy atom. The molecule has 2 N–H and O–H groups in total. The zero-order valence-corrected chi connectivity index (χ0v) is 12.0. The van der Waals surface area contributed by atoms with Crippen molar-refractivity contribution in [1.82, 2.24) is 10.3 Å². The Balaban J connectivity index is 2.30. The van der Waals surface area contributed by atoms with Gasteiger partial charge in [-0.3, -0.25) is 4.31 Å². The van der Waals surface area contributed by atoms with Crippen molar-refractivity contribution >= 4 is 15.7 Å². The van der Waals surface area contributed by atoms with E-state index in [1.807, 2.05) is 0 Å². The van der Waals surface area contributed by atoms with Crippen LogP contribution in [0.2, 0.25) is 0 Å². The summed E-state index contributed by atoms with van der Waals surface area (Å²) in [7, 11) is -0.435. The van der Waals surface area contributed by atoms with Crippen LogP contribution in [-0.2, 0) is 16.6 Å². The van der Waals surface area contributed by atoms with Crippen LogP contribution >= 0.6 is 0 Å². The fourth-order valence-electron chi connectivity index (χ4n) is 1.81. The third kappa shape index (κ3) is 2.83. The SMILES string of the molecule is CNCc1cc(S(=O)(=O)N(C)c2ccc(F)cc2)c[nH]1. The summed E-state index contributed by atoms with van der Waals surface area (Å²) in [6.07, 6.45) is 1.45. The van der Waals surface area contributed by atoms with Crippen molar-refractivity contribution in [2.45, 2.75) is 11.4 Å². The minimum atomic E-state index is -3.65. The molecule has 0 saturated carbocycles. The molecule has 5 nitrogen and oxygen atoms in total. The zero-order valence-electron chi connectivity index (χ0n) is 11.2. The van der Waals surface area contributed by atoms with Gasteiger partial charge in [-0.15, -0.1) is 0 Å². The van der Waals surface area contributed by atoms with Crippen LogP contribution in [0.25, 0.3) is 0 Å². The van der Waals surface area contributed by atoms with E-state index in [2.05, 4.69) is 10.3 Å². The van der Waals surface area contributed by atoms with E-state index >= 15 is 0 Å². The van der Waals surface area contributed by atoms with Crippen molar-refractivity contribution in [2.24, 2.45) is 0 Å². The first-order valence-corrected chi connectivity index (χ1v) is 7.45. The third-order valence-corrected chi connectivity index (χ3v) is 4.70. The molecule has 0 spiro atoms. The van der Waals surface area contributed by atoms with E-state index in [1.54, 1.807) is 13.1 Å². The van der Waals surface area contributed by atoms with E-state index in [0.717, 1.165) is 10.00 Å². The van der Waals surface area contributed by atoms with Gasteiger partial charge in [0, 0.05) is 25.5 Å². The lowest BCUT2D eigenvalue weighted by molar-refractivity contribution is 0.594. The highest BCUT2D eigenvalue weighted by molar-refractivity contribution is 7.92. The summed E-state index contributed by atoms with van der Waals surface area (Å²) in [4.78, 5) is 3.08. The van der Waals surface area contributed by atoms with Gasteiger partial charge in [0.05, 0.1) is 5.69 Å². The van der Waals surface area contributed by atoms with E-state index < -0.39 is 15.8 Å². The molecule has 0 fully saturated rings. The van der Waals surface area contributed by atoms with E-state index in [0.29, 0.717) is 12.2 Å². The summed E-state index contributed by atoms with van der Waals surface area (Å²) in [5, 5.41) is 2.93. The number of aromatic amines is 1. The predicted molar refractivity (Wildman–Crippen MR) is 75.5 cm³/mol. The fourth-order valence-corrected chi connectivity index (χ4v) is 3.02. The van der Waals surface area contributed by atoms with Gasteiger partial charge in [0.15, 0.2) is 0 Å². The quantitative estimate of drug-likeness (QED) is 0.883. The topological polar surface area (TPSA) is 65.2 Å². The van der Waals surface area contributed by atoms with Gasteiger partial charge in [0.25, 0.3) is 10.0 Å². The highest BCUT2D eigenvalue weighted by Gasteiger charge is 2.22. The van der Waals surface area contributed by atoms with E-state index in [-0.39, 0.29) is 4.90 Å². The Morgan fingerprint density at radius 1 is 1.30 bits per heavy atom. The average Bonchev–Trinajstić information content (AvgIpc) is 2.88. The van der Waals surface area contributed by atoms with Gasteiger partial charge >= 0.3 is 0 Å². The maximum atomic E-state index is 12.9. The van der Waals surface area contributed by atoms with Crippen LogP contribution in [-0.4, -0.2) is 27.5 Å². The second kappa shape index (κ2) is 5.64. The van der Waals surface area contributed by atoms with Crippen LogP contribution in [0.4, 0.5) is 10.1 Å². The Morgan fingerprint density at radius 2 is 1.95 bits per heavy atom. The summed E-state index contributed by atoms with van der Waals surface area (Å²) < 4.78 is 38.9. The minimum absolute atomic E-state index is 0.176. The van der Waals surface area contributed by atoms with Crippen molar-refractivity contribution in [2.75, 3.05) is 18.4 Å². The summed E-state index contributed by atoms with van der Waals surface area (Å²) in [5.74, 6) is -0.405.